The molecule has 1 heterocycles. The Morgan fingerprint density at radius 2 is 1.88 bits per heavy atom. The monoisotopic (exact) mass is 453 g/mol. The Morgan fingerprint density at radius 1 is 1.12 bits per heavy atom. The largest absolute Gasteiger partial charge is 0.497 e. The van der Waals surface area contributed by atoms with Crippen LogP contribution in [0.5, 0.6) is 5.75 Å². The Kier molecular flexibility index (Phi) is 7.95. The molecule has 7 heteroatoms. The van der Waals surface area contributed by atoms with Crippen LogP contribution in [0.2, 0.25) is 5.02 Å². The van der Waals surface area contributed by atoms with Gasteiger partial charge in [0.1, 0.15) is 11.4 Å². The Labute approximate surface area is 193 Å². The third kappa shape index (κ3) is 5.92. The number of ether oxygens (including phenoxy) is 1. The molecule has 0 fully saturated rings. The standard InChI is InChI=1S/C25H28ClN3O3/c1-28-13-7-10-23(28)24(30)27-12-11-21(14-18-8-5-4-6-9-18)29(2)25(31)19-15-20(26)17-22(16-19)32-3/h4-10,13,15-17,21H,11-12,14H2,1-3H3,(H,27,30)/t21-/m1/s1. The number of aryl methyl sites for hydroxylation is 1. The summed E-state index contributed by atoms with van der Waals surface area (Å²) in [6.07, 6.45) is 3.10. The van der Waals surface area contributed by atoms with E-state index in [0.717, 1.165) is 5.56 Å². The minimum Gasteiger partial charge on any atom is -0.497 e. The highest BCUT2D eigenvalue weighted by molar-refractivity contribution is 6.31. The third-order valence-electron chi connectivity index (χ3n) is 5.48. The highest BCUT2D eigenvalue weighted by Gasteiger charge is 2.23. The number of benzene rings is 2. The van der Waals surface area contributed by atoms with E-state index < -0.39 is 0 Å². The second kappa shape index (κ2) is 10.9. The maximum atomic E-state index is 13.2. The van der Waals surface area contributed by atoms with Crippen LogP contribution >= 0.6 is 11.6 Å². The Bertz CT molecular complexity index is 1070. The first-order chi connectivity index (χ1) is 15.4. The molecule has 1 N–H and O–H groups in total. The van der Waals surface area contributed by atoms with Crippen molar-refractivity contribution in [3.8, 4) is 5.75 Å². The summed E-state index contributed by atoms with van der Waals surface area (Å²) >= 11 is 6.17. The van der Waals surface area contributed by atoms with Crippen molar-refractivity contribution in [1.82, 2.24) is 14.8 Å². The van der Waals surface area contributed by atoms with Gasteiger partial charge in [-0.3, -0.25) is 9.59 Å². The molecule has 1 atom stereocenters. The molecular formula is C25H28ClN3O3. The van der Waals surface area contributed by atoms with Gasteiger partial charge in [0.25, 0.3) is 11.8 Å². The van der Waals surface area contributed by atoms with Crippen molar-refractivity contribution in [2.24, 2.45) is 7.05 Å². The van der Waals surface area contributed by atoms with Crippen LogP contribution in [0.3, 0.4) is 0 Å². The van der Waals surface area contributed by atoms with E-state index in [0.29, 0.717) is 41.4 Å². The maximum absolute atomic E-state index is 13.2. The van der Waals surface area contributed by atoms with Gasteiger partial charge in [-0.2, -0.15) is 0 Å². The van der Waals surface area contributed by atoms with Crippen molar-refractivity contribution in [1.29, 1.82) is 0 Å². The first kappa shape index (κ1) is 23.4. The highest BCUT2D eigenvalue weighted by atomic mass is 35.5. The number of likely N-dealkylation sites (N-methyl/N-ethyl adjacent to an activating group) is 1. The van der Waals surface area contributed by atoms with Crippen molar-refractivity contribution in [2.75, 3.05) is 20.7 Å². The van der Waals surface area contributed by atoms with E-state index in [-0.39, 0.29) is 17.9 Å². The zero-order chi connectivity index (χ0) is 23.1. The number of methoxy groups -OCH3 is 1. The van der Waals surface area contributed by atoms with Crippen LogP contribution < -0.4 is 10.1 Å². The molecule has 0 aliphatic heterocycles. The number of carbonyl (C=O) groups excluding carboxylic acids is 2. The maximum Gasteiger partial charge on any atom is 0.267 e. The van der Waals surface area contributed by atoms with E-state index in [1.54, 1.807) is 40.8 Å². The number of aromatic nitrogens is 1. The van der Waals surface area contributed by atoms with Gasteiger partial charge in [-0.15, -0.1) is 0 Å². The molecule has 0 unspecified atom stereocenters. The molecule has 2 aromatic carbocycles. The number of halogens is 1. The predicted octanol–water partition coefficient (Wildman–Crippen LogP) is 4.19. The van der Waals surface area contributed by atoms with Crippen molar-refractivity contribution in [2.45, 2.75) is 18.9 Å². The lowest BCUT2D eigenvalue weighted by molar-refractivity contribution is 0.0722. The molecule has 3 aromatic rings. The lowest BCUT2D eigenvalue weighted by atomic mass is 10.0. The van der Waals surface area contributed by atoms with Crippen LogP contribution in [-0.4, -0.2) is 48.0 Å². The topological polar surface area (TPSA) is 63.6 Å². The summed E-state index contributed by atoms with van der Waals surface area (Å²) in [6, 6.07) is 18.5. The summed E-state index contributed by atoms with van der Waals surface area (Å²) in [5.74, 6) is 0.244. The lowest BCUT2D eigenvalue weighted by Gasteiger charge is -2.29. The number of rotatable bonds is 9. The first-order valence-corrected chi connectivity index (χ1v) is 10.8. The number of carbonyl (C=O) groups is 2. The SMILES string of the molecule is COc1cc(Cl)cc(C(=O)N(C)[C@H](CCNC(=O)c2cccn2C)Cc2ccccc2)c1. The van der Waals surface area contributed by atoms with Crippen molar-refractivity contribution < 1.29 is 14.3 Å². The molecule has 0 aliphatic carbocycles. The first-order valence-electron chi connectivity index (χ1n) is 10.4. The fourth-order valence-electron chi connectivity index (χ4n) is 3.63. The van der Waals surface area contributed by atoms with Gasteiger partial charge in [-0.1, -0.05) is 41.9 Å². The molecule has 0 radical (unpaired) electrons. The summed E-state index contributed by atoms with van der Waals surface area (Å²) in [5, 5.41) is 3.40. The van der Waals surface area contributed by atoms with E-state index in [2.05, 4.69) is 5.32 Å². The Hall–Kier alpha value is -3.25. The van der Waals surface area contributed by atoms with Crippen molar-refractivity contribution in [3.05, 3.63) is 88.7 Å². The van der Waals surface area contributed by atoms with Crippen LogP contribution in [0.25, 0.3) is 0 Å². The molecule has 0 saturated heterocycles. The van der Waals surface area contributed by atoms with Gasteiger partial charge in [0, 0.05) is 43.5 Å². The minimum atomic E-state index is -0.152. The summed E-state index contributed by atoms with van der Waals surface area (Å²) in [7, 11) is 5.15. The van der Waals surface area contributed by atoms with Gasteiger partial charge in [0.15, 0.2) is 0 Å². The second-order valence-electron chi connectivity index (χ2n) is 7.69. The van der Waals surface area contributed by atoms with Gasteiger partial charge in [-0.05, 0) is 48.7 Å². The molecule has 168 valence electrons. The molecule has 32 heavy (non-hydrogen) atoms. The molecule has 0 bridgehead atoms. The smallest absolute Gasteiger partial charge is 0.267 e. The second-order valence-corrected chi connectivity index (χ2v) is 8.12. The molecule has 0 spiro atoms. The van der Waals surface area contributed by atoms with Crippen molar-refractivity contribution in [3.63, 3.8) is 0 Å². The fourth-order valence-corrected chi connectivity index (χ4v) is 3.86. The molecular weight excluding hydrogens is 426 g/mol. The molecule has 1 aromatic heterocycles. The van der Waals surface area contributed by atoms with E-state index in [1.165, 1.54) is 7.11 Å². The number of hydrogen-bond donors (Lipinski definition) is 1. The van der Waals surface area contributed by atoms with Crippen LogP contribution in [0, 0.1) is 0 Å². The molecule has 3 rings (SSSR count). The van der Waals surface area contributed by atoms with E-state index in [4.69, 9.17) is 16.3 Å². The molecule has 6 nitrogen and oxygen atoms in total. The lowest BCUT2D eigenvalue weighted by Crippen LogP contribution is -2.41. The van der Waals surface area contributed by atoms with Crippen LogP contribution in [0.4, 0.5) is 0 Å². The molecule has 2 amide bonds. The van der Waals surface area contributed by atoms with Crippen molar-refractivity contribution >= 4 is 23.4 Å². The number of hydrogen-bond acceptors (Lipinski definition) is 3. The van der Waals surface area contributed by atoms with Crippen LogP contribution in [0.15, 0.2) is 66.9 Å². The minimum absolute atomic E-state index is 0.122. The van der Waals surface area contributed by atoms with Crippen LogP contribution in [-0.2, 0) is 13.5 Å². The summed E-state index contributed by atoms with van der Waals surface area (Å²) < 4.78 is 7.03. The highest BCUT2D eigenvalue weighted by Crippen LogP contribution is 2.23. The summed E-state index contributed by atoms with van der Waals surface area (Å²) in [6.45, 7) is 0.442. The van der Waals surface area contributed by atoms with Gasteiger partial charge in [0.2, 0.25) is 0 Å². The molecule has 0 aliphatic rings. The van der Waals surface area contributed by atoms with E-state index in [1.807, 2.05) is 49.6 Å². The molecule has 0 saturated carbocycles. The Morgan fingerprint density at radius 3 is 2.53 bits per heavy atom. The zero-order valence-corrected chi connectivity index (χ0v) is 19.3. The van der Waals surface area contributed by atoms with Gasteiger partial charge in [0.05, 0.1) is 7.11 Å². The average Bonchev–Trinajstić information content (AvgIpc) is 3.23. The number of amides is 2. The number of nitrogens with zero attached hydrogens (tertiary/aromatic N) is 2. The average molecular weight is 454 g/mol. The van der Waals surface area contributed by atoms with Gasteiger partial charge in [-0.25, -0.2) is 0 Å². The number of nitrogens with one attached hydrogen (secondary N) is 1. The Balaban J connectivity index is 1.74. The fraction of sp³-hybridized carbons (Fsp3) is 0.280. The zero-order valence-electron chi connectivity index (χ0n) is 18.5. The summed E-state index contributed by atoms with van der Waals surface area (Å²) in [5.41, 5.74) is 2.18. The quantitative estimate of drug-likeness (QED) is 0.528. The summed E-state index contributed by atoms with van der Waals surface area (Å²) in [4.78, 5) is 27.4. The third-order valence-corrected chi connectivity index (χ3v) is 5.69. The predicted molar refractivity (Wildman–Crippen MR) is 126 cm³/mol. The normalized spacial score (nSPS) is 11.6. The van der Waals surface area contributed by atoms with Crippen LogP contribution in [0.1, 0.15) is 32.8 Å². The van der Waals surface area contributed by atoms with E-state index in [9.17, 15) is 9.59 Å². The van der Waals surface area contributed by atoms with E-state index >= 15 is 0 Å². The van der Waals surface area contributed by atoms with Gasteiger partial charge < -0.3 is 19.5 Å². The van der Waals surface area contributed by atoms with Gasteiger partial charge >= 0.3 is 0 Å².